The van der Waals surface area contributed by atoms with E-state index in [9.17, 15) is 4.79 Å². The van der Waals surface area contributed by atoms with E-state index in [1.165, 1.54) is 0 Å². The number of nitrogens with one attached hydrogen (secondary N) is 2. The van der Waals surface area contributed by atoms with Crippen molar-refractivity contribution in [2.24, 2.45) is 0 Å². The van der Waals surface area contributed by atoms with Crippen LogP contribution in [0.5, 0.6) is 0 Å². The number of pyridine rings is 1. The van der Waals surface area contributed by atoms with Crippen molar-refractivity contribution in [2.75, 3.05) is 19.7 Å². The van der Waals surface area contributed by atoms with Crippen molar-refractivity contribution in [1.29, 1.82) is 0 Å². The highest BCUT2D eigenvalue weighted by Crippen LogP contribution is 2.03. The SMILES string of the molecule is C[C@H]1OCCN[C@@H]1C(=O)NCCc1ccccn1. The van der Waals surface area contributed by atoms with Crippen LogP contribution in [-0.2, 0) is 16.0 Å². The summed E-state index contributed by atoms with van der Waals surface area (Å²) < 4.78 is 5.44. The van der Waals surface area contributed by atoms with E-state index in [0.29, 0.717) is 13.2 Å². The lowest BCUT2D eigenvalue weighted by Crippen LogP contribution is -2.55. The van der Waals surface area contributed by atoms with Crippen molar-refractivity contribution in [3.8, 4) is 0 Å². The third kappa shape index (κ3) is 3.51. The summed E-state index contributed by atoms with van der Waals surface area (Å²) in [6.45, 7) is 3.90. The van der Waals surface area contributed by atoms with Gasteiger partial charge in [0.2, 0.25) is 5.91 Å². The fourth-order valence-corrected chi connectivity index (χ4v) is 2.00. The number of carbonyl (C=O) groups excluding carboxylic acids is 1. The summed E-state index contributed by atoms with van der Waals surface area (Å²) in [5.74, 6) is -0.00173. The predicted molar refractivity (Wildman–Crippen MR) is 68.2 cm³/mol. The molecular formula is C13H19N3O2. The second kappa shape index (κ2) is 6.47. The van der Waals surface area contributed by atoms with Crippen LogP contribution in [0, 0.1) is 0 Å². The number of nitrogens with zero attached hydrogens (tertiary/aromatic N) is 1. The van der Waals surface area contributed by atoms with Gasteiger partial charge in [-0.25, -0.2) is 0 Å². The Bertz CT molecular complexity index is 383. The Balaban J connectivity index is 1.74. The number of morpholine rings is 1. The van der Waals surface area contributed by atoms with Crippen molar-refractivity contribution < 1.29 is 9.53 Å². The topological polar surface area (TPSA) is 63.2 Å². The van der Waals surface area contributed by atoms with Crippen LogP contribution in [0.2, 0.25) is 0 Å². The Hall–Kier alpha value is -1.46. The number of aromatic nitrogens is 1. The maximum absolute atomic E-state index is 11.9. The molecule has 0 aliphatic carbocycles. The fourth-order valence-electron chi connectivity index (χ4n) is 2.00. The van der Waals surface area contributed by atoms with Crippen LogP contribution in [0.15, 0.2) is 24.4 Å². The Kier molecular flexibility index (Phi) is 4.66. The molecule has 0 radical (unpaired) electrons. The quantitative estimate of drug-likeness (QED) is 0.795. The molecule has 2 atom stereocenters. The van der Waals surface area contributed by atoms with Gasteiger partial charge in [0.25, 0.3) is 0 Å². The van der Waals surface area contributed by atoms with Gasteiger partial charge >= 0.3 is 0 Å². The van der Waals surface area contributed by atoms with Crippen LogP contribution in [0.4, 0.5) is 0 Å². The summed E-state index contributed by atoms with van der Waals surface area (Å²) in [6.07, 6.45) is 2.43. The minimum absolute atomic E-state index is 0.00173. The molecule has 1 amide bonds. The fraction of sp³-hybridized carbons (Fsp3) is 0.538. The first kappa shape index (κ1) is 13.0. The number of ether oxygens (including phenoxy) is 1. The number of hydrogen-bond donors (Lipinski definition) is 2. The number of amides is 1. The molecule has 1 aliphatic heterocycles. The van der Waals surface area contributed by atoms with Gasteiger partial charge in [-0.05, 0) is 19.1 Å². The van der Waals surface area contributed by atoms with Crippen molar-refractivity contribution in [3.63, 3.8) is 0 Å². The first-order valence-corrected chi connectivity index (χ1v) is 6.30. The number of carbonyl (C=O) groups is 1. The number of rotatable bonds is 4. The first-order valence-electron chi connectivity index (χ1n) is 6.30. The van der Waals surface area contributed by atoms with E-state index in [1.54, 1.807) is 6.20 Å². The number of hydrogen-bond acceptors (Lipinski definition) is 4. The summed E-state index contributed by atoms with van der Waals surface area (Å²) in [6, 6.07) is 5.54. The van der Waals surface area contributed by atoms with Gasteiger partial charge in [-0.2, -0.15) is 0 Å². The summed E-state index contributed by atoms with van der Waals surface area (Å²) in [7, 11) is 0. The summed E-state index contributed by atoms with van der Waals surface area (Å²) in [5, 5.41) is 6.07. The zero-order valence-electron chi connectivity index (χ0n) is 10.6. The zero-order chi connectivity index (χ0) is 12.8. The minimum Gasteiger partial charge on any atom is -0.375 e. The molecule has 0 spiro atoms. The average Bonchev–Trinajstić information content (AvgIpc) is 2.40. The molecule has 98 valence electrons. The Labute approximate surface area is 107 Å². The van der Waals surface area contributed by atoms with Gasteiger partial charge in [-0.3, -0.25) is 9.78 Å². The molecule has 18 heavy (non-hydrogen) atoms. The zero-order valence-corrected chi connectivity index (χ0v) is 10.6. The van der Waals surface area contributed by atoms with Crippen LogP contribution < -0.4 is 10.6 Å². The molecule has 2 heterocycles. The summed E-state index contributed by atoms with van der Waals surface area (Å²) in [5.41, 5.74) is 0.985. The monoisotopic (exact) mass is 249 g/mol. The lowest BCUT2D eigenvalue weighted by molar-refractivity contribution is -0.128. The van der Waals surface area contributed by atoms with E-state index in [4.69, 9.17) is 4.74 Å². The first-order chi connectivity index (χ1) is 8.77. The van der Waals surface area contributed by atoms with Gasteiger partial charge in [0.05, 0.1) is 12.7 Å². The van der Waals surface area contributed by atoms with E-state index in [-0.39, 0.29) is 18.1 Å². The van der Waals surface area contributed by atoms with Crippen LogP contribution in [0.3, 0.4) is 0 Å². The molecule has 2 rings (SSSR count). The lowest BCUT2D eigenvalue weighted by atomic mass is 10.1. The van der Waals surface area contributed by atoms with E-state index in [0.717, 1.165) is 18.7 Å². The molecule has 1 aromatic heterocycles. The molecule has 0 bridgehead atoms. The highest BCUT2D eigenvalue weighted by molar-refractivity contribution is 5.82. The Morgan fingerprint density at radius 1 is 1.61 bits per heavy atom. The summed E-state index contributed by atoms with van der Waals surface area (Å²) >= 11 is 0. The smallest absolute Gasteiger partial charge is 0.239 e. The standard InChI is InChI=1S/C13H19N3O2/c1-10-12(15-8-9-18-10)13(17)16-7-5-11-4-2-3-6-14-11/h2-4,6,10,12,15H,5,7-9H2,1H3,(H,16,17)/t10-,12+/m1/s1. The van der Waals surface area contributed by atoms with Crippen LogP contribution >= 0.6 is 0 Å². The third-order valence-electron chi connectivity index (χ3n) is 3.01. The molecule has 1 fully saturated rings. The van der Waals surface area contributed by atoms with Gasteiger partial charge in [0, 0.05) is 31.4 Å². The molecule has 5 heteroatoms. The molecule has 0 unspecified atom stereocenters. The van der Waals surface area contributed by atoms with Crippen molar-refractivity contribution in [2.45, 2.75) is 25.5 Å². The Morgan fingerprint density at radius 2 is 2.50 bits per heavy atom. The summed E-state index contributed by atoms with van der Waals surface area (Å²) in [4.78, 5) is 16.1. The van der Waals surface area contributed by atoms with Gasteiger partial charge < -0.3 is 15.4 Å². The second-order valence-corrected chi connectivity index (χ2v) is 4.37. The molecule has 5 nitrogen and oxygen atoms in total. The highest BCUT2D eigenvalue weighted by atomic mass is 16.5. The van der Waals surface area contributed by atoms with Crippen LogP contribution in [-0.4, -0.2) is 42.7 Å². The molecule has 0 saturated carbocycles. The Morgan fingerprint density at radius 3 is 3.22 bits per heavy atom. The van der Waals surface area contributed by atoms with E-state index >= 15 is 0 Å². The molecule has 1 aliphatic rings. The largest absolute Gasteiger partial charge is 0.375 e. The van der Waals surface area contributed by atoms with Gasteiger partial charge in [0.1, 0.15) is 6.04 Å². The molecular weight excluding hydrogens is 230 g/mol. The normalized spacial score (nSPS) is 23.6. The lowest BCUT2D eigenvalue weighted by Gasteiger charge is -2.29. The highest BCUT2D eigenvalue weighted by Gasteiger charge is 2.27. The van der Waals surface area contributed by atoms with Crippen LogP contribution in [0.1, 0.15) is 12.6 Å². The molecule has 1 saturated heterocycles. The van der Waals surface area contributed by atoms with Crippen molar-refractivity contribution in [1.82, 2.24) is 15.6 Å². The van der Waals surface area contributed by atoms with Crippen LogP contribution in [0.25, 0.3) is 0 Å². The van der Waals surface area contributed by atoms with E-state index < -0.39 is 0 Å². The van der Waals surface area contributed by atoms with E-state index in [2.05, 4.69) is 15.6 Å². The average molecular weight is 249 g/mol. The maximum Gasteiger partial charge on any atom is 0.239 e. The van der Waals surface area contributed by atoms with Crippen molar-refractivity contribution >= 4 is 5.91 Å². The van der Waals surface area contributed by atoms with Gasteiger partial charge in [0.15, 0.2) is 0 Å². The predicted octanol–water partition coefficient (Wildman–Crippen LogP) is 0.117. The second-order valence-electron chi connectivity index (χ2n) is 4.37. The van der Waals surface area contributed by atoms with Gasteiger partial charge in [-0.15, -0.1) is 0 Å². The third-order valence-corrected chi connectivity index (χ3v) is 3.01. The van der Waals surface area contributed by atoms with Gasteiger partial charge in [-0.1, -0.05) is 6.07 Å². The minimum atomic E-state index is -0.248. The molecule has 0 aromatic carbocycles. The molecule has 2 N–H and O–H groups in total. The van der Waals surface area contributed by atoms with E-state index in [1.807, 2.05) is 25.1 Å². The molecule has 1 aromatic rings. The maximum atomic E-state index is 11.9. The van der Waals surface area contributed by atoms with Crippen molar-refractivity contribution in [3.05, 3.63) is 30.1 Å².